The van der Waals surface area contributed by atoms with Gasteiger partial charge in [-0.3, -0.25) is 14.7 Å². The molecule has 1 aromatic carbocycles. The van der Waals surface area contributed by atoms with E-state index in [4.69, 9.17) is 17.3 Å². The molecule has 2 heterocycles. The number of piperidine rings is 1. The third-order valence-corrected chi connectivity index (χ3v) is 4.47. The van der Waals surface area contributed by atoms with Crippen LogP contribution in [0, 0.1) is 5.92 Å². The van der Waals surface area contributed by atoms with Crippen molar-refractivity contribution in [2.75, 3.05) is 13.1 Å². The fraction of sp³-hybridized carbons (Fsp3) is 0.312. The fourth-order valence-corrected chi connectivity index (χ4v) is 3.01. The number of benzene rings is 1. The van der Waals surface area contributed by atoms with Gasteiger partial charge in [-0.25, -0.2) is 0 Å². The number of nitrogens with zero attached hydrogens (tertiary/aromatic N) is 2. The number of rotatable bonds is 3. The van der Waals surface area contributed by atoms with E-state index in [0.717, 1.165) is 5.56 Å². The standard InChI is InChI=1S/C16H17ClN4O2/c17-12-4-2-1-3-11(12)13-9-14(20-19-13)16(23)21-7-5-10(6-8-21)15(18)22/h1-4,9-10H,5-8H2,(H2,18,22)(H,19,20). The number of aromatic amines is 1. The molecule has 23 heavy (non-hydrogen) atoms. The summed E-state index contributed by atoms with van der Waals surface area (Å²) in [5, 5.41) is 7.53. The molecule has 1 fully saturated rings. The number of H-pyrrole nitrogens is 1. The Morgan fingerprint density at radius 3 is 2.61 bits per heavy atom. The van der Waals surface area contributed by atoms with Crippen LogP contribution in [0.3, 0.4) is 0 Å². The van der Waals surface area contributed by atoms with Crippen molar-refractivity contribution in [2.45, 2.75) is 12.8 Å². The monoisotopic (exact) mass is 332 g/mol. The molecule has 1 saturated heterocycles. The topological polar surface area (TPSA) is 92.1 Å². The largest absolute Gasteiger partial charge is 0.369 e. The molecular formula is C16H17ClN4O2. The number of aromatic nitrogens is 2. The van der Waals surface area contributed by atoms with Gasteiger partial charge in [0.05, 0.1) is 10.7 Å². The van der Waals surface area contributed by atoms with E-state index < -0.39 is 0 Å². The molecule has 0 atom stereocenters. The van der Waals surface area contributed by atoms with Gasteiger partial charge < -0.3 is 10.6 Å². The first-order chi connectivity index (χ1) is 11.1. The van der Waals surface area contributed by atoms with Crippen LogP contribution < -0.4 is 5.73 Å². The third-order valence-electron chi connectivity index (χ3n) is 4.14. The smallest absolute Gasteiger partial charge is 0.271 e. The first kappa shape index (κ1) is 15.6. The number of likely N-dealkylation sites (tertiary alicyclic amines) is 1. The summed E-state index contributed by atoms with van der Waals surface area (Å²) in [5.74, 6) is -0.558. The van der Waals surface area contributed by atoms with Gasteiger partial charge in [0.15, 0.2) is 0 Å². The Labute approximate surface area is 138 Å². The number of hydrogen-bond acceptors (Lipinski definition) is 3. The summed E-state index contributed by atoms with van der Waals surface area (Å²) in [4.78, 5) is 25.4. The molecule has 3 rings (SSSR count). The molecule has 0 aliphatic carbocycles. The van der Waals surface area contributed by atoms with Crippen molar-refractivity contribution in [3.05, 3.63) is 41.0 Å². The van der Waals surface area contributed by atoms with E-state index in [2.05, 4.69) is 10.2 Å². The third kappa shape index (κ3) is 3.22. The van der Waals surface area contributed by atoms with E-state index in [9.17, 15) is 9.59 Å². The van der Waals surface area contributed by atoms with Crippen molar-refractivity contribution in [3.8, 4) is 11.3 Å². The summed E-state index contributed by atoms with van der Waals surface area (Å²) in [6.07, 6.45) is 1.21. The second-order valence-corrected chi connectivity index (χ2v) is 6.02. The Kier molecular flexibility index (Phi) is 4.34. The zero-order chi connectivity index (χ0) is 16.4. The van der Waals surface area contributed by atoms with Crippen molar-refractivity contribution >= 4 is 23.4 Å². The van der Waals surface area contributed by atoms with Crippen LogP contribution >= 0.6 is 11.6 Å². The van der Waals surface area contributed by atoms with E-state index in [1.165, 1.54) is 0 Å². The lowest BCUT2D eigenvalue weighted by molar-refractivity contribution is -0.123. The Balaban J connectivity index is 1.72. The van der Waals surface area contributed by atoms with Gasteiger partial charge in [0, 0.05) is 24.6 Å². The average Bonchev–Trinajstić information content (AvgIpc) is 3.04. The Hall–Kier alpha value is -2.34. The summed E-state index contributed by atoms with van der Waals surface area (Å²) >= 11 is 6.15. The van der Waals surface area contributed by atoms with Crippen LogP contribution in [-0.2, 0) is 4.79 Å². The highest BCUT2D eigenvalue weighted by molar-refractivity contribution is 6.33. The van der Waals surface area contributed by atoms with Gasteiger partial charge >= 0.3 is 0 Å². The molecule has 1 aliphatic rings. The van der Waals surface area contributed by atoms with Crippen LogP contribution in [0.15, 0.2) is 30.3 Å². The maximum absolute atomic E-state index is 12.5. The quantitative estimate of drug-likeness (QED) is 0.901. The molecule has 0 radical (unpaired) electrons. The molecular weight excluding hydrogens is 316 g/mol. The molecule has 120 valence electrons. The lowest BCUT2D eigenvalue weighted by Crippen LogP contribution is -2.41. The van der Waals surface area contributed by atoms with Crippen molar-refractivity contribution in [1.82, 2.24) is 15.1 Å². The van der Waals surface area contributed by atoms with Gasteiger partial charge in [-0.05, 0) is 25.0 Å². The Bertz CT molecular complexity index is 735. The number of nitrogens with two attached hydrogens (primary N) is 1. The minimum absolute atomic E-state index is 0.126. The number of carbonyl (C=O) groups excluding carboxylic acids is 2. The average molecular weight is 333 g/mol. The molecule has 0 bridgehead atoms. The molecule has 1 aliphatic heterocycles. The van der Waals surface area contributed by atoms with Crippen molar-refractivity contribution in [2.24, 2.45) is 11.7 Å². The van der Waals surface area contributed by atoms with Crippen molar-refractivity contribution in [1.29, 1.82) is 0 Å². The van der Waals surface area contributed by atoms with Gasteiger partial charge in [-0.15, -0.1) is 0 Å². The number of nitrogens with one attached hydrogen (secondary N) is 1. The highest BCUT2D eigenvalue weighted by atomic mass is 35.5. The van der Waals surface area contributed by atoms with Crippen LogP contribution in [0.2, 0.25) is 5.02 Å². The summed E-state index contributed by atoms with van der Waals surface area (Å²) in [6.45, 7) is 1.04. The van der Waals surface area contributed by atoms with E-state index in [1.807, 2.05) is 18.2 Å². The van der Waals surface area contributed by atoms with E-state index >= 15 is 0 Å². The Morgan fingerprint density at radius 2 is 1.96 bits per heavy atom. The maximum Gasteiger partial charge on any atom is 0.271 e. The number of primary amides is 1. The van der Waals surface area contributed by atoms with Crippen molar-refractivity contribution < 1.29 is 9.59 Å². The number of amides is 2. The second kappa shape index (κ2) is 6.42. The van der Waals surface area contributed by atoms with Crippen LogP contribution in [0.1, 0.15) is 23.3 Å². The normalized spacial score (nSPS) is 15.6. The predicted octanol–water partition coefficient (Wildman–Crippen LogP) is 2.07. The zero-order valence-electron chi connectivity index (χ0n) is 12.5. The lowest BCUT2D eigenvalue weighted by Gasteiger charge is -2.30. The minimum atomic E-state index is -0.292. The molecule has 7 heteroatoms. The van der Waals surface area contributed by atoms with Gasteiger partial charge in [-0.2, -0.15) is 5.10 Å². The number of halogens is 1. The summed E-state index contributed by atoms with van der Waals surface area (Å²) < 4.78 is 0. The van der Waals surface area contributed by atoms with Gasteiger partial charge in [0.2, 0.25) is 5.91 Å². The van der Waals surface area contributed by atoms with Crippen LogP contribution in [0.4, 0.5) is 0 Å². The van der Waals surface area contributed by atoms with Crippen molar-refractivity contribution in [3.63, 3.8) is 0 Å². The highest BCUT2D eigenvalue weighted by Gasteiger charge is 2.27. The number of carbonyl (C=O) groups is 2. The van der Waals surface area contributed by atoms with Crippen LogP contribution in [-0.4, -0.2) is 40.0 Å². The Morgan fingerprint density at radius 1 is 1.26 bits per heavy atom. The molecule has 0 spiro atoms. The van der Waals surface area contributed by atoms with Crippen LogP contribution in [0.5, 0.6) is 0 Å². The predicted molar refractivity (Wildman–Crippen MR) is 86.9 cm³/mol. The molecule has 3 N–H and O–H groups in total. The summed E-state index contributed by atoms with van der Waals surface area (Å²) in [5.41, 5.74) is 7.13. The maximum atomic E-state index is 12.5. The molecule has 0 saturated carbocycles. The fourth-order valence-electron chi connectivity index (χ4n) is 2.78. The summed E-state index contributed by atoms with van der Waals surface area (Å²) in [7, 11) is 0. The lowest BCUT2D eigenvalue weighted by atomic mass is 9.96. The van der Waals surface area contributed by atoms with E-state index in [0.29, 0.717) is 42.3 Å². The van der Waals surface area contributed by atoms with Gasteiger partial charge in [-0.1, -0.05) is 29.8 Å². The molecule has 2 amide bonds. The van der Waals surface area contributed by atoms with Crippen LogP contribution in [0.25, 0.3) is 11.3 Å². The SMILES string of the molecule is NC(=O)C1CCN(C(=O)c2cc(-c3ccccc3Cl)n[nH]2)CC1. The molecule has 2 aromatic rings. The highest BCUT2D eigenvalue weighted by Crippen LogP contribution is 2.27. The van der Waals surface area contributed by atoms with Gasteiger partial charge in [0.1, 0.15) is 5.69 Å². The first-order valence-electron chi connectivity index (χ1n) is 7.45. The summed E-state index contributed by atoms with van der Waals surface area (Å²) in [6, 6.07) is 9.04. The molecule has 6 nitrogen and oxygen atoms in total. The minimum Gasteiger partial charge on any atom is -0.369 e. The zero-order valence-corrected chi connectivity index (χ0v) is 13.2. The number of hydrogen-bond donors (Lipinski definition) is 2. The molecule has 0 unspecified atom stereocenters. The van der Waals surface area contributed by atoms with Gasteiger partial charge in [0.25, 0.3) is 5.91 Å². The van der Waals surface area contributed by atoms with E-state index in [1.54, 1.807) is 17.0 Å². The first-order valence-corrected chi connectivity index (χ1v) is 7.83. The second-order valence-electron chi connectivity index (χ2n) is 5.62. The van der Waals surface area contributed by atoms with E-state index in [-0.39, 0.29) is 17.7 Å². The molecule has 1 aromatic heterocycles.